The van der Waals surface area contributed by atoms with Crippen LogP contribution < -0.4 is 5.32 Å². The number of amides is 1. The van der Waals surface area contributed by atoms with Crippen LogP contribution >= 0.6 is 0 Å². The summed E-state index contributed by atoms with van der Waals surface area (Å²) in [5.74, 6) is -0.857. The van der Waals surface area contributed by atoms with E-state index in [1.165, 1.54) is 13.3 Å². The minimum atomic E-state index is -0.826. The van der Waals surface area contributed by atoms with Crippen molar-refractivity contribution in [2.24, 2.45) is 0 Å². The zero-order valence-electron chi connectivity index (χ0n) is 11.8. The van der Waals surface area contributed by atoms with Crippen LogP contribution in [0, 0.1) is 0 Å². The Balaban J connectivity index is 2.02. The molecule has 1 aromatic carbocycles. The highest BCUT2D eigenvalue weighted by molar-refractivity contribution is 5.92. The molecule has 0 aliphatic heterocycles. The molecule has 0 bridgehead atoms. The van der Waals surface area contributed by atoms with Crippen LogP contribution in [0.5, 0.6) is 0 Å². The maximum Gasteiger partial charge on any atom is 0.338 e. The Morgan fingerprint density at radius 3 is 2.62 bits per heavy atom. The molecular formula is C14H16N4O3. The van der Waals surface area contributed by atoms with E-state index in [9.17, 15) is 9.59 Å². The van der Waals surface area contributed by atoms with Gasteiger partial charge in [0.2, 0.25) is 0 Å². The minimum Gasteiger partial charge on any atom is -0.449 e. The largest absolute Gasteiger partial charge is 0.449 e. The molecule has 0 fully saturated rings. The summed E-state index contributed by atoms with van der Waals surface area (Å²) in [4.78, 5) is 27.3. The molecule has 1 amide bonds. The first-order valence-electron chi connectivity index (χ1n) is 6.55. The van der Waals surface area contributed by atoms with Gasteiger partial charge in [-0.05, 0) is 38.1 Å². The van der Waals surface area contributed by atoms with E-state index in [0.717, 1.165) is 5.69 Å². The molecule has 0 spiro atoms. The molecule has 110 valence electrons. The highest BCUT2D eigenvalue weighted by atomic mass is 16.5. The van der Waals surface area contributed by atoms with E-state index in [2.05, 4.69) is 15.4 Å². The summed E-state index contributed by atoms with van der Waals surface area (Å²) < 4.78 is 6.67. The van der Waals surface area contributed by atoms with Crippen LogP contribution in [0.3, 0.4) is 0 Å². The van der Waals surface area contributed by atoms with Gasteiger partial charge in [-0.3, -0.25) is 4.79 Å². The number of carbonyl (C=O) groups is 2. The fourth-order valence-corrected chi connectivity index (χ4v) is 1.69. The van der Waals surface area contributed by atoms with Crippen LogP contribution in [0.2, 0.25) is 0 Å². The van der Waals surface area contributed by atoms with Gasteiger partial charge in [0.15, 0.2) is 6.10 Å². The maximum atomic E-state index is 11.9. The Bertz CT molecular complexity index is 608. The number of ether oxygens (including phenoxy) is 1. The fraction of sp³-hybridized carbons (Fsp3) is 0.286. The summed E-state index contributed by atoms with van der Waals surface area (Å²) in [7, 11) is 0. The lowest BCUT2D eigenvalue weighted by atomic mass is 10.2. The summed E-state index contributed by atoms with van der Waals surface area (Å²) in [5.41, 5.74) is 1.15. The van der Waals surface area contributed by atoms with Gasteiger partial charge in [0, 0.05) is 6.54 Å². The van der Waals surface area contributed by atoms with E-state index in [0.29, 0.717) is 12.1 Å². The van der Waals surface area contributed by atoms with Crippen molar-refractivity contribution >= 4 is 11.9 Å². The number of hydrogen-bond acceptors (Lipinski definition) is 5. The molecular weight excluding hydrogens is 272 g/mol. The number of aromatic nitrogens is 3. The summed E-state index contributed by atoms with van der Waals surface area (Å²) in [6.07, 6.45) is 2.16. The smallest absolute Gasteiger partial charge is 0.338 e. The van der Waals surface area contributed by atoms with Crippen molar-refractivity contribution in [2.75, 3.05) is 6.54 Å². The van der Waals surface area contributed by atoms with E-state index in [-0.39, 0.29) is 5.91 Å². The number of likely N-dealkylation sites (N-methyl/N-ethyl adjacent to an activating group) is 1. The van der Waals surface area contributed by atoms with Gasteiger partial charge in [-0.1, -0.05) is 0 Å². The van der Waals surface area contributed by atoms with E-state index >= 15 is 0 Å². The molecule has 1 aromatic heterocycles. The normalized spacial score (nSPS) is 11.7. The molecule has 0 saturated heterocycles. The number of rotatable bonds is 5. The Labute approximate surface area is 121 Å². The molecule has 0 unspecified atom stereocenters. The summed E-state index contributed by atoms with van der Waals surface area (Å²) in [6.45, 7) is 3.83. The highest BCUT2D eigenvalue weighted by Gasteiger charge is 2.18. The molecule has 2 rings (SSSR count). The average molecular weight is 288 g/mol. The van der Waals surface area contributed by atoms with Crippen molar-refractivity contribution < 1.29 is 14.3 Å². The number of carbonyl (C=O) groups excluding carboxylic acids is 2. The van der Waals surface area contributed by atoms with Gasteiger partial charge in [-0.2, -0.15) is 5.10 Å². The first kappa shape index (κ1) is 14.7. The topological polar surface area (TPSA) is 86.1 Å². The molecule has 1 N–H and O–H groups in total. The molecule has 2 aromatic rings. The molecule has 21 heavy (non-hydrogen) atoms. The van der Waals surface area contributed by atoms with Crippen molar-refractivity contribution in [3.05, 3.63) is 42.5 Å². The Morgan fingerprint density at radius 1 is 1.33 bits per heavy atom. The van der Waals surface area contributed by atoms with Crippen molar-refractivity contribution in [3.63, 3.8) is 0 Å². The minimum absolute atomic E-state index is 0.315. The number of nitrogens with zero attached hydrogens (tertiary/aromatic N) is 3. The van der Waals surface area contributed by atoms with Crippen LogP contribution in [0.15, 0.2) is 36.9 Å². The summed E-state index contributed by atoms with van der Waals surface area (Å²) in [6, 6.07) is 6.68. The fourth-order valence-electron chi connectivity index (χ4n) is 1.69. The molecule has 1 atom stereocenters. The second-order valence-electron chi connectivity index (χ2n) is 4.33. The Kier molecular flexibility index (Phi) is 4.65. The van der Waals surface area contributed by atoms with Crippen LogP contribution in [-0.2, 0) is 9.53 Å². The number of benzene rings is 1. The molecule has 0 aliphatic rings. The lowest BCUT2D eigenvalue weighted by Gasteiger charge is -2.12. The molecule has 7 nitrogen and oxygen atoms in total. The highest BCUT2D eigenvalue weighted by Crippen LogP contribution is 2.10. The second kappa shape index (κ2) is 6.65. The van der Waals surface area contributed by atoms with Gasteiger partial charge >= 0.3 is 5.97 Å². The van der Waals surface area contributed by atoms with Gasteiger partial charge in [-0.15, -0.1) is 0 Å². The lowest BCUT2D eigenvalue weighted by molar-refractivity contribution is -0.128. The lowest BCUT2D eigenvalue weighted by Crippen LogP contribution is -2.35. The Hall–Kier alpha value is -2.70. The van der Waals surface area contributed by atoms with Gasteiger partial charge in [0.1, 0.15) is 12.7 Å². The van der Waals surface area contributed by atoms with Crippen molar-refractivity contribution in [3.8, 4) is 5.69 Å². The third-order valence-corrected chi connectivity index (χ3v) is 2.79. The van der Waals surface area contributed by atoms with Crippen LogP contribution in [0.1, 0.15) is 24.2 Å². The number of esters is 1. The average Bonchev–Trinajstić information content (AvgIpc) is 3.01. The zero-order chi connectivity index (χ0) is 15.2. The Morgan fingerprint density at radius 2 is 2.05 bits per heavy atom. The van der Waals surface area contributed by atoms with Crippen LogP contribution in [-0.4, -0.2) is 39.3 Å². The zero-order valence-corrected chi connectivity index (χ0v) is 11.8. The molecule has 0 aliphatic carbocycles. The SMILES string of the molecule is CCNC(=O)[C@H](C)OC(=O)c1ccc(-n2cncn2)cc1. The van der Waals surface area contributed by atoms with E-state index in [1.54, 1.807) is 42.2 Å². The van der Waals surface area contributed by atoms with E-state index < -0.39 is 12.1 Å². The third-order valence-electron chi connectivity index (χ3n) is 2.79. The quantitative estimate of drug-likeness (QED) is 0.828. The van der Waals surface area contributed by atoms with Crippen LogP contribution in [0.25, 0.3) is 5.69 Å². The first-order valence-corrected chi connectivity index (χ1v) is 6.55. The summed E-state index contributed by atoms with van der Waals surface area (Å²) >= 11 is 0. The predicted molar refractivity (Wildman–Crippen MR) is 74.9 cm³/mol. The van der Waals surface area contributed by atoms with Gasteiger partial charge < -0.3 is 10.1 Å². The second-order valence-corrected chi connectivity index (χ2v) is 4.33. The monoisotopic (exact) mass is 288 g/mol. The van der Waals surface area contributed by atoms with Crippen molar-refractivity contribution in [1.29, 1.82) is 0 Å². The molecule has 0 saturated carbocycles. The number of nitrogens with one attached hydrogen (secondary N) is 1. The summed E-state index contributed by atoms with van der Waals surface area (Å²) in [5, 5.41) is 6.58. The van der Waals surface area contributed by atoms with Crippen molar-refractivity contribution in [1.82, 2.24) is 20.1 Å². The third kappa shape index (κ3) is 3.65. The number of hydrogen-bond donors (Lipinski definition) is 1. The van der Waals surface area contributed by atoms with Gasteiger partial charge in [-0.25, -0.2) is 14.5 Å². The molecule has 7 heteroatoms. The standard InChI is InChI=1S/C14H16N4O3/c1-3-16-13(19)10(2)21-14(20)11-4-6-12(7-5-11)18-9-15-8-17-18/h4-10H,3H2,1-2H3,(H,16,19)/t10-/m0/s1. The molecule has 0 radical (unpaired) electrons. The van der Waals surface area contributed by atoms with E-state index in [1.807, 2.05) is 0 Å². The van der Waals surface area contributed by atoms with Gasteiger partial charge in [0.25, 0.3) is 5.91 Å². The van der Waals surface area contributed by atoms with Crippen LogP contribution in [0.4, 0.5) is 0 Å². The van der Waals surface area contributed by atoms with Crippen molar-refractivity contribution in [2.45, 2.75) is 20.0 Å². The molecule has 1 heterocycles. The predicted octanol–water partition coefficient (Wildman–Crippen LogP) is 0.949. The first-order chi connectivity index (χ1) is 10.1. The van der Waals surface area contributed by atoms with E-state index in [4.69, 9.17) is 4.74 Å². The van der Waals surface area contributed by atoms with Gasteiger partial charge in [0.05, 0.1) is 11.3 Å². The maximum absolute atomic E-state index is 11.9.